The molecule has 3 N–H and O–H groups in total. The van der Waals surface area contributed by atoms with Gasteiger partial charge in [-0.25, -0.2) is 12.8 Å². The maximum Gasteiger partial charge on any atom is 0.246 e. The quantitative estimate of drug-likeness (QED) is 0.742. The lowest BCUT2D eigenvalue weighted by molar-refractivity contribution is -0.117. The molecule has 1 heterocycles. The van der Waals surface area contributed by atoms with Crippen LogP contribution >= 0.6 is 12.4 Å². The summed E-state index contributed by atoms with van der Waals surface area (Å²) in [5, 5.41) is 2.55. The molecule has 148 valence electrons. The van der Waals surface area contributed by atoms with E-state index in [0.29, 0.717) is 6.42 Å². The van der Waals surface area contributed by atoms with Crippen molar-refractivity contribution in [2.24, 2.45) is 11.7 Å². The fourth-order valence-corrected chi connectivity index (χ4v) is 4.05. The number of rotatable bonds is 6. The summed E-state index contributed by atoms with van der Waals surface area (Å²) in [5.74, 6) is -1.06. The molecule has 26 heavy (non-hydrogen) atoms. The van der Waals surface area contributed by atoms with Crippen molar-refractivity contribution in [2.45, 2.75) is 31.2 Å². The van der Waals surface area contributed by atoms with Crippen molar-refractivity contribution >= 4 is 34.0 Å². The van der Waals surface area contributed by atoms with Gasteiger partial charge in [0.25, 0.3) is 0 Å². The van der Waals surface area contributed by atoms with Crippen molar-refractivity contribution < 1.29 is 22.3 Å². The minimum Gasteiger partial charge on any atom is -0.379 e. The molecule has 0 aliphatic carbocycles. The summed E-state index contributed by atoms with van der Waals surface area (Å²) < 4.78 is 45.6. The maximum atomic E-state index is 14.1. The lowest BCUT2D eigenvalue weighted by atomic mass is 10.0. The summed E-state index contributed by atoms with van der Waals surface area (Å²) in [7, 11) is -3.99. The lowest BCUT2D eigenvalue weighted by Gasteiger charge is -2.26. The van der Waals surface area contributed by atoms with E-state index < -0.39 is 32.7 Å². The highest BCUT2D eigenvalue weighted by molar-refractivity contribution is 7.89. The molecule has 7 nitrogen and oxygen atoms in total. The third-order valence-corrected chi connectivity index (χ3v) is 5.76. The molecule has 1 saturated heterocycles. The highest BCUT2D eigenvalue weighted by Crippen LogP contribution is 2.24. The largest absolute Gasteiger partial charge is 0.379 e. The van der Waals surface area contributed by atoms with Gasteiger partial charge in [0.2, 0.25) is 15.9 Å². The zero-order valence-electron chi connectivity index (χ0n) is 14.8. The van der Waals surface area contributed by atoms with E-state index in [1.165, 1.54) is 10.4 Å². The molecular weight excluding hydrogens is 385 g/mol. The van der Waals surface area contributed by atoms with Crippen molar-refractivity contribution in [3.63, 3.8) is 0 Å². The Balaban J connectivity index is 0.00000338. The number of carbonyl (C=O) groups excluding carboxylic acids is 1. The van der Waals surface area contributed by atoms with Gasteiger partial charge >= 0.3 is 0 Å². The van der Waals surface area contributed by atoms with E-state index in [0.717, 1.165) is 12.1 Å². The fraction of sp³-hybridized carbons (Fsp3) is 0.562. The van der Waals surface area contributed by atoms with Crippen LogP contribution in [0.2, 0.25) is 0 Å². The van der Waals surface area contributed by atoms with Gasteiger partial charge in [-0.1, -0.05) is 13.8 Å². The number of carbonyl (C=O) groups is 1. The zero-order valence-corrected chi connectivity index (χ0v) is 16.4. The van der Waals surface area contributed by atoms with Crippen molar-refractivity contribution in [1.29, 1.82) is 0 Å². The van der Waals surface area contributed by atoms with Crippen LogP contribution in [0.5, 0.6) is 0 Å². The standard InChI is InChI=1S/C16H24FN3O4S.ClH/c1-11(2)9-14(18)16(21)19-12-3-4-13(17)15(10-12)25(22,23)20-5-7-24-8-6-20;/h3-4,10-11,14H,5-9,18H2,1-2H3,(H,19,21);1H/t14-;/m0./s1. The molecule has 1 aliphatic rings. The third-order valence-electron chi connectivity index (χ3n) is 3.85. The van der Waals surface area contributed by atoms with Crippen LogP contribution in [0, 0.1) is 11.7 Å². The minimum absolute atomic E-state index is 0. The molecule has 1 atom stereocenters. The fourth-order valence-electron chi connectivity index (χ4n) is 2.55. The number of nitrogens with zero attached hydrogens (tertiary/aromatic N) is 1. The summed E-state index contributed by atoms with van der Waals surface area (Å²) in [6.45, 7) is 4.74. The Labute approximate surface area is 159 Å². The molecule has 2 rings (SSSR count). The van der Waals surface area contributed by atoms with E-state index in [2.05, 4.69) is 5.32 Å². The van der Waals surface area contributed by atoms with Gasteiger partial charge in [0.15, 0.2) is 0 Å². The molecule has 1 amide bonds. The molecule has 0 bridgehead atoms. The maximum absolute atomic E-state index is 14.1. The number of ether oxygens (including phenoxy) is 1. The summed E-state index contributed by atoms with van der Waals surface area (Å²) in [6, 6.07) is 2.74. The average Bonchev–Trinajstić information content (AvgIpc) is 2.56. The predicted molar refractivity (Wildman–Crippen MR) is 99.3 cm³/mol. The number of hydrogen-bond acceptors (Lipinski definition) is 5. The second kappa shape index (κ2) is 9.61. The van der Waals surface area contributed by atoms with E-state index in [1.54, 1.807) is 0 Å². The first-order valence-corrected chi connectivity index (χ1v) is 9.59. The number of nitrogens with two attached hydrogens (primary N) is 1. The van der Waals surface area contributed by atoms with Crippen LogP contribution in [0.15, 0.2) is 23.1 Å². The van der Waals surface area contributed by atoms with E-state index in [9.17, 15) is 17.6 Å². The summed E-state index contributed by atoms with van der Waals surface area (Å²) in [6.07, 6.45) is 0.492. The zero-order chi connectivity index (χ0) is 18.6. The molecule has 0 radical (unpaired) electrons. The van der Waals surface area contributed by atoms with Gasteiger partial charge in [0, 0.05) is 18.8 Å². The summed E-state index contributed by atoms with van der Waals surface area (Å²) >= 11 is 0. The molecule has 0 spiro atoms. The summed E-state index contributed by atoms with van der Waals surface area (Å²) in [5.41, 5.74) is 6.00. The normalized spacial score (nSPS) is 16.8. The minimum atomic E-state index is -3.99. The Morgan fingerprint density at radius 2 is 1.96 bits per heavy atom. The van der Waals surface area contributed by atoms with Crippen LogP contribution in [-0.4, -0.2) is 51.0 Å². The highest BCUT2D eigenvalue weighted by atomic mass is 35.5. The molecule has 1 aliphatic heterocycles. The number of halogens is 2. The molecule has 1 aromatic rings. The van der Waals surface area contributed by atoms with Crippen LogP contribution in [0.3, 0.4) is 0 Å². The Hall–Kier alpha value is -1.26. The molecule has 0 aromatic heterocycles. The van der Waals surface area contributed by atoms with E-state index in [1.807, 2.05) is 13.8 Å². The van der Waals surface area contributed by atoms with Crippen LogP contribution < -0.4 is 11.1 Å². The first-order valence-electron chi connectivity index (χ1n) is 8.15. The first kappa shape index (κ1) is 22.8. The van der Waals surface area contributed by atoms with Gasteiger partial charge in [-0.2, -0.15) is 4.31 Å². The predicted octanol–water partition coefficient (Wildman–Crippen LogP) is 1.58. The third kappa shape index (κ3) is 5.62. The topological polar surface area (TPSA) is 102 Å². The number of hydrogen-bond donors (Lipinski definition) is 2. The molecule has 0 unspecified atom stereocenters. The Bertz CT molecular complexity index is 724. The Morgan fingerprint density at radius 3 is 2.54 bits per heavy atom. The number of sulfonamides is 1. The SMILES string of the molecule is CC(C)C[C@H](N)C(=O)Nc1ccc(F)c(S(=O)(=O)N2CCOCC2)c1.Cl. The summed E-state index contributed by atoms with van der Waals surface area (Å²) in [4.78, 5) is 11.6. The van der Waals surface area contributed by atoms with Crippen LogP contribution in [0.4, 0.5) is 10.1 Å². The molecule has 0 saturated carbocycles. The van der Waals surface area contributed by atoms with Crippen molar-refractivity contribution in [3.05, 3.63) is 24.0 Å². The van der Waals surface area contributed by atoms with Crippen molar-refractivity contribution in [1.82, 2.24) is 4.31 Å². The van der Waals surface area contributed by atoms with Crippen LogP contribution in [0.25, 0.3) is 0 Å². The van der Waals surface area contributed by atoms with Crippen molar-refractivity contribution in [3.8, 4) is 0 Å². The van der Waals surface area contributed by atoms with Gasteiger partial charge in [0.05, 0.1) is 19.3 Å². The first-order chi connectivity index (χ1) is 11.7. The van der Waals surface area contributed by atoms with E-state index in [-0.39, 0.29) is 50.3 Å². The molecular formula is C16H25ClFN3O4S. The number of nitrogens with one attached hydrogen (secondary N) is 1. The molecule has 1 fully saturated rings. The van der Waals surface area contributed by atoms with Crippen molar-refractivity contribution in [2.75, 3.05) is 31.6 Å². The monoisotopic (exact) mass is 409 g/mol. The number of anilines is 1. The second-order valence-electron chi connectivity index (χ2n) is 6.39. The smallest absolute Gasteiger partial charge is 0.246 e. The number of morpholine rings is 1. The average molecular weight is 410 g/mol. The van der Waals surface area contributed by atoms with Gasteiger partial charge in [-0.05, 0) is 30.5 Å². The second-order valence-corrected chi connectivity index (χ2v) is 8.29. The molecule has 10 heteroatoms. The number of amides is 1. The van der Waals surface area contributed by atoms with Crippen LogP contribution in [-0.2, 0) is 19.6 Å². The van der Waals surface area contributed by atoms with Gasteiger partial charge in [0.1, 0.15) is 10.7 Å². The van der Waals surface area contributed by atoms with Crippen LogP contribution in [0.1, 0.15) is 20.3 Å². The van der Waals surface area contributed by atoms with Gasteiger partial charge in [-0.15, -0.1) is 12.4 Å². The van der Waals surface area contributed by atoms with Gasteiger partial charge in [-0.3, -0.25) is 4.79 Å². The number of benzene rings is 1. The molecule has 1 aromatic carbocycles. The Morgan fingerprint density at radius 1 is 1.35 bits per heavy atom. The lowest BCUT2D eigenvalue weighted by Crippen LogP contribution is -2.41. The van der Waals surface area contributed by atoms with E-state index >= 15 is 0 Å². The van der Waals surface area contributed by atoms with Gasteiger partial charge < -0.3 is 15.8 Å². The highest BCUT2D eigenvalue weighted by Gasteiger charge is 2.29. The Kier molecular flexibility index (Phi) is 8.42. The van der Waals surface area contributed by atoms with E-state index in [4.69, 9.17) is 10.5 Å².